The molecule has 16 heavy (non-hydrogen) atoms. The fourth-order valence-corrected chi connectivity index (χ4v) is 1.60. The first-order valence-electron chi connectivity index (χ1n) is 5.18. The quantitative estimate of drug-likeness (QED) is 0.669. The monoisotopic (exact) mass is 224 g/mol. The van der Waals surface area contributed by atoms with Crippen LogP contribution in [0.4, 0.5) is 0 Å². The Balaban J connectivity index is 3.11. The van der Waals surface area contributed by atoms with E-state index in [1.54, 1.807) is 6.08 Å². The van der Waals surface area contributed by atoms with Gasteiger partial charge in [-0.15, -0.1) is 0 Å². The van der Waals surface area contributed by atoms with Gasteiger partial charge in [0.05, 0.1) is 25.4 Å². The van der Waals surface area contributed by atoms with E-state index in [0.29, 0.717) is 23.5 Å². The Labute approximate surface area is 94.9 Å². The Kier molecular flexibility index (Phi) is 4.28. The summed E-state index contributed by atoms with van der Waals surface area (Å²) in [5, 5.41) is 0. The zero-order valence-corrected chi connectivity index (χ0v) is 9.78. The summed E-state index contributed by atoms with van der Waals surface area (Å²) in [6, 6.07) is 0. The van der Waals surface area contributed by atoms with Crippen molar-refractivity contribution >= 4 is 11.9 Å². The molecule has 0 aromatic heterocycles. The summed E-state index contributed by atoms with van der Waals surface area (Å²) < 4.78 is 9.32. The number of methoxy groups -OCH3 is 2. The molecule has 0 aromatic rings. The lowest BCUT2D eigenvalue weighted by Gasteiger charge is -2.07. The fourth-order valence-electron chi connectivity index (χ4n) is 1.60. The van der Waals surface area contributed by atoms with Crippen LogP contribution in [0.2, 0.25) is 0 Å². The predicted molar refractivity (Wildman–Crippen MR) is 58.6 cm³/mol. The first kappa shape index (κ1) is 12.5. The van der Waals surface area contributed by atoms with E-state index in [0.717, 1.165) is 6.42 Å². The van der Waals surface area contributed by atoms with Crippen molar-refractivity contribution in [2.24, 2.45) is 5.92 Å². The van der Waals surface area contributed by atoms with Crippen molar-refractivity contribution < 1.29 is 19.1 Å². The largest absolute Gasteiger partial charge is 0.466 e. The zero-order chi connectivity index (χ0) is 12.1. The minimum atomic E-state index is -0.495. The van der Waals surface area contributed by atoms with Crippen LogP contribution in [0.25, 0.3) is 0 Å². The number of esters is 2. The van der Waals surface area contributed by atoms with Crippen LogP contribution in [-0.2, 0) is 19.1 Å². The Morgan fingerprint density at radius 3 is 2.44 bits per heavy atom. The smallest absolute Gasteiger partial charge is 0.338 e. The highest BCUT2D eigenvalue weighted by atomic mass is 16.5. The van der Waals surface area contributed by atoms with Crippen molar-refractivity contribution in [1.82, 2.24) is 0 Å². The molecular formula is C12H16O4. The molecule has 0 spiro atoms. The standard InChI is InChI=1S/C12H16O4/c1-8-4-6-9(11(13)15-2)10(7-5-8)12(14)16-3/h4,6,8H,5,7H2,1-3H3. The van der Waals surface area contributed by atoms with Crippen molar-refractivity contribution in [3.8, 4) is 0 Å². The molecule has 4 heteroatoms. The molecule has 0 aromatic carbocycles. The molecule has 1 rings (SSSR count). The molecule has 0 saturated heterocycles. The molecule has 0 fully saturated rings. The second-order valence-corrected chi connectivity index (χ2v) is 3.75. The minimum absolute atomic E-state index is 0.304. The van der Waals surface area contributed by atoms with Gasteiger partial charge in [-0.3, -0.25) is 0 Å². The second kappa shape index (κ2) is 5.49. The van der Waals surface area contributed by atoms with Gasteiger partial charge in [0.25, 0.3) is 0 Å². The third-order valence-corrected chi connectivity index (χ3v) is 2.60. The van der Waals surface area contributed by atoms with Crippen molar-refractivity contribution in [3.63, 3.8) is 0 Å². The van der Waals surface area contributed by atoms with Gasteiger partial charge in [0.1, 0.15) is 0 Å². The van der Waals surface area contributed by atoms with Gasteiger partial charge in [-0.25, -0.2) is 9.59 Å². The Hall–Kier alpha value is -1.58. The summed E-state index contributed by atoms with van der Waals surface area (Å²) in [6.07, 6.45) is 4.91. The van der Waals surface area contributed by atoms with Crippen LogP contribution in [0.15, 0.2) is 23.3 Å². The minimum Gasteiger partial charge on any atom is -0.466 e. The number of hydrogen-bond donors (Lipinski definition) is 0. The maximum Gasteiger partial charge on any atom is 0.338 e. The van der Waals surface area contributed by atoms with Crippen LogP contribution in [0, 0.1) is 5.92 Å². The van der Waals surface area contributed by atoms with Gasteiger partial charge in [0.15, 0.2) is 0 Å². The van der Waals surface area contributed by atoms with E-state index in [1.807, 2.05) is 13.0 Å². The van der Waals surface area contributed by atoms with E-state index >= 15 is 0 Å². The number of ether oxygens (including phenoxy) is 2. The third kappa shape index (κ3) is 2.72. The molecule has 0 heterocycles. The highest BCUT2D eigenvalue weighted by molar-refractivity contribution is 6.02. The van der Waals surface area contributed by atoms with Gasteiger partial charge in [0.2, 0.25) is 0 Å². The normalized spacial score (nSPS) is 20.3. The summed E-state index contributed by atoms with van der Waals surface area (Å²) >= 11 is 0. The lowest BCUT2D eigenvalue weighted by molar-refractivity contribution is -0.139. The zero-order valence-electron chi connectivity index (χ0n) is 9.78. The van der Waals surface area contributed by atoms with Crippen LogP contribution >= 0.6 is 0 Å². The highest BCUT2D eigenvalue weighted by Gasteiger charge is 2.22. The molecule has 0 radical (unpaired) electrons. The Morgan fingerprint density at radius 2 is 1.88 bits per heavy atom. The average Bonchev–Trinajstić information content (AvgIpc) is 2.49. The molecule has 0 amide bonds. The molecule has 0 bridgehead atoms. The molecule has 0 aliphatic heterocycles. The first-order valence-corrected chi connectivity index (χ1v) is 5.18. The van der Waals surface area contributed by atoms with Crippen LogP contribution in [0.1, 0.15) is 19.8 Å². The maximum absolute atomic E-state index is 11.5. The molecule has 1 atom stereocenters. The lowest BCUT2D eigenvalue weighted by Crippen LogP contribution is -2.13. The van der Waals surface area contributed by atoms with Crippen molar-refractivity contribution in [3.05, 3.63) is 23.3 Å². The molecule has 88 valence electrons. The van der Waals surface area contributed by atoms with Crippen molar-refractivity contribution in [2.45, 2.75) is 19.8 Å². The number of hydrogen-bond acceptors (Lipinski definition) is 4. The van der Waals surface area contributed by atoms with Crippen LogP contribution in [0.3, 0.4) is 0 Å². The number of rotatable bonds is 2. The highest BCUT2D eigenvalue weighted by Crippen LogP contribution is 2.23. The van der Waals surface area contributed by atoms with Gasteiger partial charge in [-0.1, -0.05) is 19.1 Å². The van der Waals surface area contributed by atoms with E-state index in [4.69, 9.17) is 0 Å². The molecular weight excluding hydrogens is 208 g/mol. The van der Waals surface area contributed by atoms with Gasteiger partial charge in [-0.2, -0.15) is 0 Å². The van der Waals surface area contributed by atoms with Crippen LogP contribution in [0.5, 0.6) is 0 Å². The topological polar surface area (TPSA) is 52.6 Å². The van der Waals surface area contributed by atoms with Gasteiger partial charge in [-0.05, 0) is 18.8 Å². The summed E-state index contributed by atoms with van der Waals surface area (Å²) in [6.45, 7) is 2.03. The van der Waals surface area contributed by atoms with Crippen LogP contribution in [-0.4, -0.2) is 26.2 Å². The summed E-state index contributed by atoms with van der Waals surface area (Å²) in [5.41, 5.74) is 0.702. The van der Waals surface area contributed by atoms with E-state index < -0.39 is 11.9 Å². The van der Waals surface area contributed by atoms with Gasteiger partial charge < -0.3 is 9.47 Å². The second-order valence-electron chi connectivity index (χ2n) is 3.75. The fraction of sp³-hybridized carbons (Fsp3) is 0.500. The molecule has 1 unspecified atom stereocenters. The molecule has 0 N–H and O–H groups in total. The molecule has 4 nitrogen and oxygen atoms in total. The number of carbonyl (C=O) groups excluding carboxylic acids is 2. The van der Waals surface area contributed by atoms with Crippen LogP contribution < -0.4 is 0 Å². The van der Waals surface area contributed by atoms with E-state index in [-0.39, 0.29) is 0 Å². The van der Waals surface area contributed by atoms with Gasteiger partial charge >= 0.3 is 11.9 Å². The third-order valence-electron chi connectivity index (χ3n) is 2.60. The number of allylic oxidation sites excluding steroid dienone is 1. The van der Waals surface area contributed by atoms with Crippen molar-refractivity contribution in [2.75, 3.05) is 14.2 Å². The predicted octanol–water partition coefficient (Wildman–Crippen LogP) is 1.62. The molecule has 1 aliphatic rings. The van der Waals surface area contributed by atoms with E-state index in [9.17, 15) is 9.59 Å². The lowest BCUT2D eigenvalue weighted by atomic mass is 10.0. The van der Waals surface area contributed by atoms with E-state index in [2.05, 4.69) is 9.47 Å². The SMILES string of the molecule is COC(=O)C1=C(C(=O)OC)CCC(C)C=C1. The van der Waals surface area contributed by atoms with E-state index in [1.165, 1.54) is 14.2 Å². The average molecular weight is 224 g/mol. The number of carbonyl (C=O) groups is 2. The summed E-state index contributed by atoms with van der Waals surface area (Å²) in [4.78, 5) is 23.1. The Morgan fingerprint density at radius 1 is 1.25 bits per heavy atom. The maximum atomic E-state index is 11.5. The van der Waals surface area contributed by atoms with Gasteiger partial charge in [0, 0.05) is 0 Å². The molecule has 0 saturated carbocycles. The Bertz CT molecular complexity index is 352. The summed E-state index contributed by atoms with van der Waals surface area (Å²) in [7, 11) is 2.61. The molecule has 1 aliphatic carbocycles. The van der Waals surface area contributed by atoms with Crippen molar-refractivity contribution in [1.29, 1.82) is 0 Å². The first-order chi connectivity index (χ1) is 7.60. The summed E-state index contributed by atoms with van der Waals surface area (Å²) in [5.74, 6) is -0.619.